The predicted octanol–water partition coefficient (Wildman–Crippen LogP) is 1.79. The summed E-state index contributed by atoms with van der Waals surface area (Å²) in [6.45, 7) is 16.5. The minimum atomic E-state index is -2.01. The third-order valence-electron chi connectivity index (χ3n) is 12.1. The molecule has 3 rings (SSSR count). The zero-order valence-electron chi connectivity index (χ0n) is 33.7. The fourth-order valence-corrected chi connectivity index (χ4v) is 8.60. The van der Waals surface area contributed by atoms with Crippen LogP contribution in [0.1, 0.15) is 94.9 Å². The van der Waals surface area contributed by atoms with Gasteiger partial charge in [0.1, 0.15) is 29.7 Å². The topological polar surface area (TPSA) is 194 Å². The Labute approximate surface area is 315 Å². The molecule has 3 saturated heterocycles. The molecule has 0 aliphatic carbocycles. The van der Waals surface area contributed by atoms with Crippen molar-refractivity contribution in [3.8, 4) is 12.3 Å². The van der Waals surface area contributed by atoms with E-state index in [2.05, 4.69) is 5.92 Å². The Morgan fingerprint density at radius 1 is 0.943 bits per heavy atom. The van der Waals surface area contributed by atoms with Crippen LogP contribution in [0, 0.1) is 36.0 Å². The molecular weight excluding hydrogens is 690 g/mol. The lowest BCUT2D eigenvalue weighted by Crippen LogP contribution is -2.61. The number of carbonyl (C=O) groups excluding carboxylic acids is 2. The van der Waals surface area contributed by atoms with Gasteiger partial charge in [0.25, 0.3) is 0 Å². The molecule has 0 radical (unpaired) electrons. The molecule has 0 saturated carbocycles. The number of hydrogen-bond donors (Lipinski definition) is 5. The Hall–Kier alpha value is -1.74. The number of likely N-dealkylation sites (N-methyl/N-ethyl adjacent to an activating group) is 1. The Bertz CT molecular complexity index is 1270. The van der Waals surface area contributed by atoms with Gasteiger partial charge in [-0.1, -0.05) is 33.6 Å². The van der Waals surface area contributed by atoms with E-state index in [0.717, 1.165) is 0 Å². The molecular formula is C39H67NO13. The summed E-state index contributed by atoms with van der Waals surface area (Å²) in [5, 5.41) is 57.9. The Kier molecular flexibility index (Phi) is 15.5. The second-order valence-electron chi connectivity index (χ2n) is 16.6. The van der Waals surface area contributed by atoms with Gasteiger partial charge in [0.05, 0.1) is 54.2 Å². The molecule has 3 fully saturated rings. The highest BCUT2D eigenvalue weighted by Gasteiger charge is 2.53. The van der Waals surface area contributed by atoms with Gasteiger partial charge in [-0.2, -0.15) is 0 Å². The molecule has 3 aliphatic rings. The molecule has 14 heteroatoms. The lowest BCUT2D eigenvalue weighted by atomic mass is 9.74. The summed E-state index contributed by atoms with van der Waals surface area (Å²) < 4.78 is 37.1. The number of nitrogens with zero attached hydrogens (tertiary/aromatic N) is 1. The van der Waals surface area contributed by atoms with Gasteiger partial charge in [-0.3, -0.25) is 14.5 Å². The highest BCUT2D eigenvalue weighted by Crippen LogP contribution is 2.40. The minimum absolute atomic E-state index is 0.0784. The zero-order chi connectivity index (χ0) is 40.4. The van der Waals surface area contributed by atoms with Gasteiger partial charge < -0.3 is 54.0 Å². The van der Waals surface area contributed by atoms with Gasteiger partial charge >= 0.3 is 5.97 Å². The lowest BCUT2D eigenvalue weighted by molar-refractivity contribution is -0.318. The maximum absolute atomic E-state index is 14.1. The zero-order valence-corrected chi connectivity index (χ0v) is 33.7. The number of esters is 1. The van der Waals surface area contributed by atoms with Crippen LogP contribution in [0.2, 0.25) is 0 Å². The fourth-order valence-electron chi connectivity index (χ4n) is 8.60. The number of ketones is 1. The molecule has 0 bridgehead atoms. The summed E-state index contributed by atoms with van der Waals surface area (Å²) in [5.41, 5.74) is -4.90. The summed E-state index contributed by atoms with van der Waals surface area (Å²) in [6.07, 6.45) is -4.62. The van der Waals surface area contributed by atoms with Crippen molar-refractivity contribution >= 4 is 11.8 Å². The van der Waals surface area contributed by atoms with Crippen LogP contribution in [0.15, 0.2) is 0 Å². The predicted molar refractivity (Wildman–Crippen MR) is 194 cm³/mol. The Balaban J connectivity index is 2.19. The van der Waals surface area contributed by atoms with Gasteiger partial charge in [-0.15, -0.1) is 6.42 Å². The lowest BCUT2D eigenvalue weighted by Gasteiger charge is -2.49. The van der Waals surface area contributed by atoms with E-state index in [9.17, 15) is 35.1 Å². The number of rotatable bonds is 8. The molecule has 0 aromatic rings. The van der Waals surface area contributed by atoms with E-state index in [1.165, 1.54) is 27.9 Å². The molecule has 0 amide bonds. The average Bonchev–Trinajstić information content (AvgIpc) is 3.09. The first-order valence-electron chi connectivity index (χ1n) is 19.0. The smallest absolute Gasteiger partial charge is 0.311 e. The molecule has 5 N–H and O–H groups in total. The normalized spacial score (nSPS) is 48.1. The van der Waals surface area contributed by atoms with Crippen LogP contribution in [-0.2, 0) is 38.0 Å². The second kappa shape index (κ2) is 18.0. The number of aliphatic hydroxyl groups is 5. The van der Waals surface area contributed by atoms with Gasteiger partial charge in [-0.25, -0.2) is 0 Å². The van der Waals surface area contributed by atoms with E-state index < -0.39 is 114 Å². The van der Waals surface area contributed by atoms with E-state index in [4.69, 9.17) is 34.8 Å². The maximum Gasteiger partial charge on any atom is 0.311 e. The number of methoxy groups -OCH3 is 1. The van der Waals surface area contributed by atoms with Crippen molar-refractivity contribution in [1.29, 1.82) is 0 Å². The monoisotopic (exact) mass is 757 g/mol. The van der Waals surface area contributed by atoms with Crippen LogP contribution in [0.25, 0.3) is 0 Å². The maximum atomic E-state index is 14.1. The number of terminal acetylenes is 1. The van der Waals surface area contributed by atoms with Crippen molar-refractivity contribution in [2.45, 2.75) is 179 Å². The van der Waals surface area contributed by atoms with Crippen molar-refractivity contribution in [1.82, 2.24) is 4.90 Å². The minimum Gasteiger partial charge on any atom is -0.459 e. The summed E-state index contributed by atoms with van der Waals surface area (Å²) in [6, 6.07) is -0.448. The molecule has 0 aromatic carbocycles. The molecule has 3 aliphatic heterocycles. The van der Waals surface area contributed by atoms with Crippen molar-refractivity contribution in [2.75, 3.05) is 20.7 Å². The molecule has 0 aromatic heterocycles. The van der Waals surface area contributed by atoms with Crippen molar-refractivity contribution in [3.05, 3.63) is 0 Å². The second-order valence-corrected chi connectivity index (χ2v) is 16.6. The van der Waals surface area contributed by atoms with Crippen LogP contribution < -0.4 is 0 Å². The number of Topliss-reactive ketones (excluding diaryl/α,β-unsaturated/α-hetero) is 1. The van der Waals surface area contributed by atoms with E-state index in [1.54, 1.807) is 48.6 Å². The standard InChI is InChI=1S/C39H67NO13/c1-14-16-40(12)26-17-21(4)49-36(30(26)42)53-34-23(6)31(52-28-19-38(10,48-13)33(44)25(8)50-28)24(7)35(45)51-27(15-2)39(11,47)32(43)22(5)29(41)20(3)18-37(34,9)46/h1,20-28,30-34,36,42-44,46-47H,15-19H2,2-13H3/t20-,21+,22+,23+,24-,25-,26+,27?,28?,30-,31?,32?,33+,34?,36-,37-,38-,39-/m1/s1. The van der Waals surface area contributed by atoms with Crippen LogP contribution in [0.4, 0.5) is 0 Å². The molecule has 306 valence electrons. The van der Waals surface area contributed by atoms with Crippen LogP contribution >= 0.6 is 0 Å². The molecule has 0 spiro atoms. The van der Waals surface area contributed by atoms with Crippen molar-refractivity contribution < 1.29 is 63.5 Å². The largest absolute Gasteiger partial charge is 0.459 e. The molecule has 53 heavy (non-hydrogen) atoms. The van der Waals surface area contributed by atoms with E-state index in [-0.39, 0.29) is 31.9 Å². The first-order chi connectivity index (χ1) is 24.5. The van der Waals surface area contributed by atoms with Crippen molar-refractivity contribution in [3.63, 3.8) is 0 Å². The van der Waals surface area contributed by atoms with Crippen LogP contribution in [0.3, 0.4) is 0 Å². The number of hydrogen-bond acceptors (Lipinski definition) is 14. The molecule has 18 atom stereocenters. The highest BCUT2D eigenvalue weighted by molar-refractivity contribution is 5.83. The summed E-state index contributed by atoms with van der Waals surface area (Å²) in [7, 11) is 3.27. The Morgan fingerprint density at radius 3 is 2.13 bits per heavy atom. The number of carbonyl (C=O) groups is 2. The first-order valence-corrected chi connectivity index (χ1v) is 19.0. The quantitative estimate of drug-likeness (QED) is 0.178. The Morgan fingerprint density at radius 2 is 1.57 bits per heavy atom. The number of cyclic esters (lactones) is 1. The van der Waals surface area contributed by atoms with Crippen molar-refractivity contribution in [2.24, 2.45) is 23.7 Å². The summed E-state index contributed by atoms with van der Waals surface area (Å²) in [5.74, 6) is -2.51. The van der Waals surface area contributed by atoms with Gasteiger partial charge in [0.2, 0.25) is 0 Å². The molecule has 3 heterocycles. The molecule has 14 nitrogen and oxygen atoms in total. The van der Waals surface area contributed by atoms with Gasteiger partial charge in [-0.05, 0) is 67.9 Å². The molecule has 5 unspecified atom stereocenters. The first kappa shape index (κ1) is 45.6. The summed E-state index contributed by atoms with van der Waals surface area (Å²) >= 11 is 0. The highest BCUT2D eigenvalue weighted by atomic mass is 16.7. The average molecular weight is 758 g/mol. The third kappa shape index (κ3) is 9.99. The third-order valence-corrected chi connectivity index (χ3v) is 12.1. The SMILES string of the molecule is C#CCN(C)[C@H]1C[C@H](C)O[C@H](OC2[C@@H](C)C(OC3C[C@@](C)(OC)[C@@H](O)[C@@H](C)O3)[C@@H](C)C(=O)OC(CC)[C@@](C)(O)C(O)[C@@H](C)C(=O)[C@H](C)C[C@@]2(C)O)[C@@H]1O. The van der Waals surface area contributed by atoms with E-state index in [1.807, 2.05) is 11.8 Å². The van der Waals surface area contributed by atoms with Gasteiger partial charge in [0, 0.05) is 37.3 Å². The van der Waals surface area contributed by atoms with Crippen LogP contribution in [0.5, 0.6) is 0 Å². The van der Waals surface area contributed by atoms with Crippen LogP contribution in [-0.4, -0.2) is 147 Å². The van der Waals surface area contributed by atoms with E-state index >= 15 is 0 Å². The fraction of sp³-hybridized carbons (Fsp3) is 0.897. The number of aliphatic hydroxyl groups excluding tert-OH is 3. The van der Waals surface area contributed by atoms with Gasteiger partial charge in [0.15, 0.2) is 12.6 Å². The summed E-state index contributed by atoms with van der Waals surface area (Å²) in [4.78, 5) is 29.8. The number of ether oxygens (including phenoxy) is 6. The van der Waals surface area contributed by atoms with E-state index in [0.29, 0.717) is 6.42 Å².